The standard InChI is InChI=1S/C13H10ClNOS/c1-15-10-6-11(17-12(10)7-13(15)16)8-2-4-9(14)5-3-8/h2-6H,7H2,1H3. The van der Waals surface area contributed by atoms with Crippen molar-refractivity contribution in [2.75, 3.05) is 11.9 Å². The molecular weight excluding hydrogens is 254 g/mol. The number of anilines is 1. The monoisotopic (exact) mass is 263 g/mol. The summed E-state index contributed by atoms with van der Waals surface area (Å²) < 4.78 is 0. The van der Waals surface area contributed by atoms with Crippen LogP contribution < -0.4 is 4.90 Å². The Morgan fingerprint density at radius 3 is 2.65 bits per heavy atom. The number of carbonyl (C=O) groups excluding carboxylic acids is 1. The van der Waals surface area contributed by atoms with Crippen LogP contribution in [-0.2, 0) is 11.2 Å². The third kappa shape index (κ3) is 1.75. The van der Waals surface area contributed by atoms with Crippen LogP contribution in [0.2, 0.25) is 5.02 Å². The first-order valence-corrected chi connectivity index (χ1v) is 6.50. The van der Waals surface area contributed by atoms with Gasteiger partial charge in [0.2, 0.25) is 5.91 Å². The van der Waals surface area contributed by atoms with E-state index in [9.17, 15) is 4.79 Å². The number of nitrogens with zero attached hydrogens (tertiary/aromatic N) is 1. The van der Waals surface area contributed by atoms with Gasteiger partial charge in [-0.3, -0.25) is 4.79 Å². The van der Waals surface area contributed by atoms with Crippen molar-refractivity contribution in [3.63, 3.8) is 0 Å². The lowest BCUT2D eigenvalue weighted by Crippen LogP contribution is -2.20. The lowest BCUT2D eigenvalue weighted by Gasteiger charge is -2.07. The number of hydrogen-bond acceptors (Lipinski definition) is 2. The Bertz CT molecular complexity index is 588. The molecule has 0 bridgehead atoms. The fourth-order valence-corrected chi connectivity index (χ4v) is 3.29. The maximum atomic E-state index is 11.5. The van der Waals surface area contributed by atoms with Crippen molar-refractivity contribution in [1.29, 1.82) is 0 Å². The van der Waals surface area contributed by atoms with Gasteiger partial charge in [0.05, 0.1) is 12.1 Å². The molecule has 0 radical (unpaired) electrons. The molecule has 1 amide bonds. The number of carbonyl (C=O) groups is 1. The summed E-state index contributed by atoms with van der Waals surface area (Å²) in [6.07, 6.45) is 0.532. The predicted molar refractivity (Wildman–Crippen MR) is 71.9 cm³/mol. The Labute approximate surface area is 108 Å². The van der Waals surface area contributed by atoms with Gasteiger partial charge in [-0.15, -0.1) is 11.3 Å². The molecule has 86 valence electrons. The van der Waals surface area contributed by atoms with E-state index < -0.39 is 0 Å². The van der Waals surface area contributed by atoms with Crippen molar-refractivity contribution in [3.8, 4) is 10.4 Å². The maximum absolute atomic E-state index is 11.5. The van der Waals surface area contributed by atoms with Crippen LogP contribution in [0.4, 0.5) is 5.69 Å². The summed E-state index contributed by atoms with van der Waals surface area (Å²) in [5.74, 6) is 0.175. The highest BCUT2D eigenvalue weighted by molar-refractivity contribution is 7.16. The van der Waals surface area contributed by atoms with Crippen LogP contribution >= 0.6 is 22.9 Å². The van der Waals surface area contributed by atoms with E-state index in [1.54, 1.807) is 16.2 Å². The summed E-state index contributed by atoms with van der Waals surface area (Å²) >= 11 is 7.55. The van der Waals surface area contributed by atoms with Gasteiger partial charge in [0.15, 0.2) is 0 Å². The Morgan fingerprint density at radius 2 is 2.00 bits per heavy atom. The lowest BCUT2D eigenvalue weighted by molar-refractivity contribution is -0.117. The number of benzene rings is 1. The zero-order chi connectivity index (χ0) is 12.0. The van der Waals surface area contributed by atoms with E-state index in [4.69, 9.17) is 11.6 Å². The average Bonchev–Trinajstić information content (AvgIpc) is 2.82. The number of halogens is 1. The highest BCUT2D eigenvalue weighted by Crippen LogP contribution is 2.40. The van der Waals surface area contributed by atoms with Gasteiger partial charge in [-0.2, -0.15) is 0 Å². The maximum Gasteiger partial charge on any atom is 0.232 e. The van der Waals surface area contributed by atoms with Crippen LogP contribution in [-0.4, -0.2) is 13.0 Å². The van der Waals surface area contributed by atoms with Crippen molar-refractivity contribution in [1.82, 2.24) is 0 Å². The molecule has 0 unspecified atom stereocenters. The van der Waals surface area contributed by atoms with Crippen LogP contribution in [0.15, 0.2) is 30.3 Å². The highest BCUT2D eigenvalue weighted by atomic mass is 35.5. The molecule has 17 heavy (non-hydrogen) atoms. The fourth-order valence-electron chi connectivity index (χ4n) is 1.98. The van der Waals surface area contributed by atoms with Crippen molar-refractivity contribution >= 4 is 34.5 Å². The molecule has 0 N–H and O–H groups in total. The molecule has 0 fully saturated rings. The summed E-state index contributed by atoms with van der Waals surface area (Å²) in [5.41, 5.74) is 2.19. The lowest BCUT2D eigenvalue weighted by atomic mass is 10.2. The predicted octanol–water partition coefficient (Wildman–Crippen LogP) is 3.59. The van der Waals surface area contributed by atoms with Crippen LogP contribution in [0.3, 0.4) is 0 Å². The SMILES string of the molecule is CN1C(=O)Cc2sc(-c3ccc(Cl)cc3)cc21. The average molecular weight is 264 g/mol. The number of thiophene rings is 1. The molecule has 0 saturated carbocycles. The van der Waals surface area contributed by atoms with Gasteiger partial charge in [0, 0.05) is 21.8 Å². The fraction of sp³-hybridized carbons (Fsp3) is 0.154. The van der Waals surface area contributed by atoms with Gasteiger partial charge < -0.3 is 4.90 Å². The first-order valence-electron chi connectivity index (χ1n) is 5.30. The minimum absolute atomic E-state index is 0.175. The minimum atomic E-state index is 0.175. The Morgan fingerprint density at radius 1 is 1.29 bits per heavy atom. The number of likely N-dealkylation sites (N-methyl/N-ethyl adjacent to an activating group) is 1. The van der Waals surface area contributed by atoms with Gasteiger partial charge in [-0.25, -0.2) is 0 Å². The third-order valence-corrected chi connectivity index (χ3v) is 4.39. The van der Waals surface area contributed by atoms with E-state index in [0.717, 1.165) is 21.2 Å². The summed E-state index contributed by atoms with van der Waals surface area (Å²) in [6.45, 7) is 0. The van der Waals surface area contributed by atoms with Crippen LogP contribution in [0.5, 0.6) is 0 Å². The van der Waals surface area contributed by atoms with Crippen molar-refractivity contribution in [3.05, 3.63) is 40.2 Å². The molecule has 0 saturated heterocycles. The Hall–Kier alpha value is -1.32. The van der Waals surface area contributed by atoms with Crippen LogP contribution in [0, 0.1) is 0 Å². The molecule has 2 aromatic rings. The molecule has 1 aromatic carbocycles. The van der Waals surface area contributed by atoms with Gasteiger partial charge in [-0.1, -0.05) is 23.7 Å². The van der Waals surface area contributed by atoms with Gasteiger partial charge in [0.1, 0.15) is 0 Å². The molecule has 2 nitrogen and oxygen atoms in total. The Balaban J connectivity index is 2.02. The van der Waals surface area contributed by atoms with E-state index >= 15 is 0 Å². The molecule has 0 spiro atoms. The molecule has 3 rings (SSSR count). The molecule has 0 aliphatic carbocycles. The first kappa shape index (κ1) is 10.8. The minimum Gasteiger partial charge on any atom is -0.314 e. The third-order valence-electron chi connectivity index (χ3n) is 2.96. The van der Waals surface area contributed by atoms with E-state index in [1.165, 1.54) is 4.88 Å². The molecule has 4 heteroatoms. The van der Waals surface area contributed by atoms with Gasteiger partial charge in [0.25, 0.3) is 0 Å². The van der Waals surface area contributed by atoms with E-state index in [2.05, 4.69) is 6.07 Å². The second-order valence-corrected chi connectivity index (χ2v) is 5.63. The van der Waals surface area contributed by atoms with Crippen molar-refractivity contribution in [2.45, 2.75) is 6.42 Å². The van der Waals surface area contributed by atoms with E-state index in [0.29, 0.717) is 6.42 Å². The zero-order valence-corrected chi connectivity index (χ0v) is 10.8. The van der Waals surface area contributed by atoms with E-state index in [-0.39, 0.29) is 5.91 Å². The quantitative estimate of drug-likeness (QED) is 0.770. The normalized spacial score (nSPS) is 14.2. The highest BCUT2D eigenvalue weighted by Gasteiger charge is 2.26. The van der Waals surface area contributed by atoms with Crippen molar-refractivity contribution in [2.24, 2.45) is 0 Å². The molecule has 1 aliphatic heterocycles. The number of hydrogen-bond donors (Lipinski definition) is 0. The summed E-state index contributed by atoms with van der Waals surface area (Å²) in [4.78, 5) is 15.6. The summed E-state index contributed by atoms with van der Waals surface area (Å²) in [6, 6.07) is 9.86. The topological polar surface area (TPSA) is 20.3 Å². The summed E-state index contributed by atoms with van der Waals surface area (Å²) in [5, 5.41) is 0.741. The summed E-state index contributed by atoms with van der Waals surface area (Å²) in [7, 11) is 1.83. The largest absolute Gasteiger partial charge is 0.314 e. The smallest absolute Gasteiger partial charge is 0.232 e. The second kappa shape index (κ2) is 3.86. The molecule has 1 aliphatic rings. The molecule has 0 atom stereocenters. The molecule has 2 heterocycles. The molecular formula is C13H10ClNOS. The first-order chi connectivity index (χ1) is 8.15. The van der Waals surface area contributed by atoms with Crippen molar-refractivity contribution < 1.29 is 4.79 Å². The second-order valence-electron chi connectivity index (χ2n) is 4.06. The van der Waals surface area contributed by atoms with Crippen LogP contribution in [0.25, 0.3) is 10.4 Å². The van der Waals surface area contributed by atoms with Gasteiger partial charge >= 0.3 is 0 Å². The number of rotatable bonds is 1. The van der Waals surface area contributed by atoms with E-state index in [1.807, 2.05) is 31.3 Å². The number of fused-ring (bicyclic) bond motifs is 1. The zero-order valence-electron chi connectivity index (χ0n) is 9.24. The number of amides is 1. The Kier molecular flexibility index (Phi) is 2.45. The van der Waals surface area contributed by atoms with Crippen LogP contribution in [0.1, 0.15) is 4.88 Å². The molecule has 1 aromatic heterocycles. The van der Waals surface area contributed by atoms with Gasteiger partial charge in [-0.05, 0) is 23.8 Å².